The van der Waals surface area contributed by atoms with Gasteiger partial charge in [-0.2, -0.15) is 0 Å². The molecule has 0 aliphatic heterocycles. The van der Waals surface area contributed by atoms with Crippen LogP contribution in [0, 0.1) is 0 Å². The first-order valence-electron chi connectivity index (χ1n) is 5.40. The molecule has 0 bridgehead atoms. The van der Waals surface area contributed by atoms with Gasteiger partial charge in [-0.25, -0.2) is 9.59 Å². The molecule has 1 fully saturated rings. The zero-order valence-corrected chi connectivity index (χ0v) is 10.8. The number of hydrogen-bond donors (Lipinski definition) is 2. The second-order valence-electron chi connectivity index (χ2n) is 4.03. The second-order valence-corrected chi connectivity index (χ2v) is 4.89. The van der Waals surface area contributed by atoms with E-state index in [-0.39, 0.29) is 10.2 Å². The standard InChI is InChI=1S/C11H11BrO6/c12-5-4-8(10(14)15)18-11(16)9(5)17-7-3-1-2-6(7)13/h4,6-7,13H,1-3H2,(H,14,15)/t6-,7?/m0/s1. The maximum atomic E-state index is 11.6. The maximum absolute atomic E-state index is 11.6. The number of halogens is 1. The highest BCUT2D eigenvalue weighted by Gasteiger charge is 2.29. The monoisotopic (exact) mass is 318 g/mol. The molecule has 18 heavy (non-hydrogen) atoms. The second kappa shape index (κ2) is 5.11. The van der Waals surface area contributed by atoms with Gasteiger partial charge in [0.25, 0.3) is 0 Å². The van der Waals surface area contributed by atoms with Crippen molar-refractivity contribution in [2.45, 2.75) is 31.5 Å². The minimum atomic E-state index is -1.33. The average molecular weight is 319 g/mol. The van der Waals surface area contributed by atoms with Crippen LogP contribution < -0.4 is 10.4 Å². The van der Waals surface area contributed by atoms with E-state index in [0.29, 0.717) is 12.8 Å². The highest BCUT2D eigenvalue weighted by molar-refractivity contribution is 9.10. The third-order valence-corrected chi connectivity index (χ3v) is 3.35. The molecule has 6 nitrogen and oxygen atoms in total. The molecule has 0 aromatic carbocycles. The molecule has 98 valence electrons. The van der Waals surface area contributed by atoms with Crippen LogP contribution in [-0.2, 0) is 0 Å². The number of carboxylic acid groups (broad SMARTS) is 1. The lowest BCUT2D eigenvalue weighted by atomic mass is 10.2. The third kappa shape index (κ3) is 2.56. The Balaban J connectivity index is 2.28. The Kier molecular flexibility index (Phi) is 3.72. The number of rotatable bonds is 3. The van der Waals surface area contributed by atoms with E-state index in [9.17, 15) is 14.7 Å². The van der Waals surface area contributed by atoms with Crippen molar-refractivity contribution < 1.29 is 24.2 Å². The molecule has 0 radical (unpaired) electrons. The van der Waals surface area contributed by atoms with Gasteiger partial charge in [-0.1, -0.05) is 0 Å². The summed E-state index contributed by atoms with van der Waals surface area (Å²) in [5.74, 6) is -1.91. The van der Waals surface area contributed by atoms with E-state index >= 15 is 0 Å². The zero-order valence-electron chi connectivity index (χ0n) is 9.26. The molecule has 1 saturated carbocycles. The van der Waals surface area contributed by atoms with Crippen molar-refractivity contribution >= 4 is 21.9 Å². The van der Waals surface area contributed by atoms with Crippen LogP contribution in [0.5, 0.6) is 5.75 Å². The van der Waals surface area contributed by atoms with E-state index < -0.39 is 29.6 Å². The average Bonchev–Trinajstić information content (AvgIpc) is 2.69. The van der Waals surface area contributed by atoms with Crippen LogP contribution in [0.15, 0.2) is 19.8 Å². The molecule has 2 atom stereocenters. The summed E-state index contributed by atoms with van der Waals surface area (Å²) in [7, 11) is 0. The number of aromatic carboxylic acids is 1. The summed E-state index contributed by atoms with van der Waals surface area (Å²) in [6, 6.07) is 1.15. The van der Waals surface area contributed by atoms with Crippen molar-refractivity contribution in [2.75, 3.05) is 0 Å². The van der Waals surface area contributed by atoms with E-state index in [0.717, 1.165) is 12.5 Å². The minimum Gasteiger partial charge on any atom is -0.480 e. The fourth-order valence-electron chi connectivity index (χ4n) is 1.86. The molecule has 1 aromatic rings. The molecule has 2 rings (SSSR count). The van der Waals surface area contributed by atoms with Gasteiger partial charge >= 0.3 is 11.6 Å². The molecule has 0 amide bonds. The summed E-state index contributed by atoms with van der Waals surface area (Å²) in [4.78, 5) is 22.3. The summed E-state index contributed by atoms with van der Waals surface area (Å²) in [5, 5.41) is 18.3. The van der Waals surface area contributed by atoms with Crippen molar-refractivity contribution in [1.29, 1.82) is 0 Å². The number of ether oxygens (including phenoxy) is 1. The highest BCUT2D eigenvalue weighted by Crippen LogP contribution is 2.28. The van der Waals surface area contributed by atoms with Gasteiger partial charge in [0, 0.05) is 6.07 Å². The molecule has 1 aliphatic carbocycles. The topological polar surface area (TPSA) is 97.0 Å². The highest BCUT2D eigenvalue weighted by atomic mass is 79.9. The molecule has 1 aliphatic rings. The molecular weight excluding hydrogens is 308 g/mol. The lowest BCUT2D eigenvalue weighted by Gasteiger charge is -2.16. The van der Waals surface area contributed by atoms with Gasteiger partial charge in [-0.05, 0) is 35.2 Å². The van der Waals surface area contributed by atoms with Crippen LogP contribution in [0.4, 0.5) is 0 Å². The number of carbonyl (C=O) groups is 1. The van der Waals surface area contributed by atoms with E-state index in [1.54, 1.807) is 0 Å². The molecule has 7 heteroatoms. The van der Waals surface area contributed by atoms with Crippen molar-refractivity contribution in [2.24, 2.45) is 0 Å². The molecule has 1 unspecified atom stereocenters. The van der Waals surface area contributed by atoms with Gasteiger partial charge in [0.2, 0.25) is 11.5 Å². The van der Waals surface area contributed by atoms with Gasteiger partial charge in [-0.3, -0.25) is 0 Å². The first-order chi connectivity index (χ1) is 8.49. The Morgan fingerprint density at radius 2 is 2.22 bits per heavy atom. The predicted octanol–water partition coefficient (Wildman–Crippen LogP) is 1.39. The first kappa shape index (κ1) is 13.1. The lowest BCUT2D eigenvalue weighted by molar-refractivity contribution is 0.0557. The van der Waals surface area contributed by atoms with E-state index in [1.807, 2.05) is 0 Å². The molecule has 1 heterocycles. The van der Waals surface area contributed by atoms with Crippen LogP contribution in [0.1, 0.15) is 29.8 Å². The van der Waals surface area contributed by atoms with Gasteiger partial charge in [0.05, 0.1) is 10.6 Å². The lowest BCUT2D eigenvalue weighted by Crippen LogP contribution is -2.28. The summed E-state index contributed by atoms with van der Waals surface area (Å²) in [5.41, 5.74) is -0.874. The zero-order chi connectivity index (χ0) is 13.3. The summed E-state index contributed by atoms with van der Waals surface area (Å²) in [6.07, 6.45) is 1.02. The smallest absolute Gasteiger partial charge is 0.380 e. The van der Waals surface area contributed by atoms with Crippen molar-refractivity contribution in [3.05, 3.63) is 26.7 Å². The SMILES string of the molecule is O=C(O)c1cc(Br)c(OC2CCC[C@@H]2O)c(=O)o1. The van der Waals surface area contributed by atoms with E-state index in [1.165, 1.54) is 0 Å². The Morgan fingerprint density at radius 3 is 2.72 bits per heavy atom. The molecule has 0 saturated heterocycles. The number of aliphatic hydroxyl groups is 1. The molecule has 2 N–H and O–H groups in total. The van der Waals surface area contributed by atoms with Gasteiger partial charge < -0.3 is 19.4 Å². The van der Waals surface area contributed by atoms with Crippen LogP contribution in [0.3, 0.4) is 0 Å². The van der Waals surface area contributed by atoms with Crippen LogP contribution in [-0.4, -0.2) is 28.4 Å². The molecule has 1 aromatic heterocycles. The normalized spacial score (nSPS) is 23.0. The van der Waals surface area contributed by atoms with Gasteiger partial charge in [0.15, 0.2) is 0 Å². The Morgan fingerprint density at radius 1 is 1.50 bits per heavy atom. The van der Waals surface area contributed by atoms with Crippen molar-refractivity contribution in [3.63, 3.8) is 0 Å². The summed E-state index contributed by atoms with van der Waals surface area (Å²) in [6.45, 7) is 0. The Labute approximate surface area is 110 Å². The van der Waals surface area contributed by atoms with Crippen LogP contribution in [0.25, 0.3) is 0 Å². The van der Waals surface area contributed by atoms with Crippen molar-refractivity contribution in [1.82, 2.24) is 0 Å². The third-order valence-electron chi connectivity index (χ3n) is 2.76. The minimum absolute atomic E-state index is 0.106. The number of hydrogen-bond acceptors (Lipinski definition) is 5. The number of aliphatic hydroxyl groups excluding tert-OH is 1. The van der Waals surface area contributed by atoms with E-state index in [2.05, 4.69) is 20.3 Å². The van der Waals surface area contributed by atoms with Gasteiger partial charge in [0.1, 0.15) is 6.10 Å². The summed E-state index contributed by atoms with van der Waals surface area (Å²) < 4.78 is 10.2. The van der Waals surface area contributed by atoms with E-state index in [4.69, 9.17) is 9.84 Å². The fraction of sp³-hybridized carbons (Fsp3) is 0.455. The molecular formula is C11H11BrO6. The quantitative estimate of drug-likeness (QED) is 0.874. The van der Waals surface area contributed by atoms with Crippen LogP contribution >= 0.6 is 15.9 Å². The Bertz CT molecular complexity index is 523. The fourth-order valence-corrected chi connectivity index (χ4v) is 2.32. The van der Waals surface area contributed by atoms with Crippen LogP contribution in [0.2, 0.25) is 0 Å². The summed E-state index contributed by atoms with van der Waals surface area (Å²) >= 11 is 3.06. The van der Waals surface area contributed by atoms with Crippen molar-refractivity contribution in [3.8, 4) is 5.75 Å². The first-order valence-corrected chi connectivity index (χ1v) is 6.20. The molecule has 0 spiro atoms. The number of carboxylic acids is 1. The van der Waals surface area contributed by atoms with Gasteiger partial charge in [-0.15, -0.1) is 0 Å². The predicted molar refractivity (Wildman–Crippen MR) is 63.9 cm³/mol. The maximum Gasteiger partial charge on any atom is 0.380 e. The largest absolute Gasteiger partial charge is 0.480 e. The Hall–Kier alpha value is -1.34.